The molecule has 0 saturated heterocycles. The predicted octanol–water partition coefficient (Wildman–Crippen LogP) is 2.29. The lowest BCUT2D eigenvalue weighted by Crippen LogP contribution is -2.40. The molecule has 2 aliphatic rings. The predicted molar refractivity (Wildman–Crippen MR) is 97.6 cm³/mol. The van der Waals surface area contributed by atoms with Gasteiger partial charge in [0.05, 0.1) is 23.1 Å². The molecule has 28 heavy (non-hydrogen) atoms. The van der Waals surface area contributed by atoms with Crippen LogP contribution in [-0.4, -0.2) is 36.9 Å². The van der Waals surface area contributed by atoms with Crippen molar-refractivity contribution >= 4 is 17.7 Å². The van der Waals surface area contributed by atoms with Crippen LogP contribution in [0.15, 0.2) is 42.5 Å². The number of nitrogens with one attached hydrogen (secondary N) is 1. The molecule has 144 valence electrons. The summed E-state index contributed by atoms with van der Waals surface area (Å²) < 4.78 is 21.7. The molecule has 2 heterocycles. The second-order valence-corrected chi connectivity index (χ2v) is 6.10. The van der Waals surface area contributed by atoms with E-state index in [-0.39, 0.29) is 30.7 Å². The van der Waals surface area contributed by atoms with E-state index in [1.807, 2.05) is 18.2 Å². The maximum atomic E-state index is 12.1. The van der Waals surface area contributed by atoms with E-state index in [0.717, 1.165) is 0 Å². The first-order valence-corrected chi connectivity index (χ1v) is 8.52. The number of carbonyl (C=O) groups excluding carboxylic acids is 1. The largest absolute Gasteiger partial charge is 0.486 e. The van der Waals surface area contributed by atoms with E-state index in [2.05, 4.69) is 5.32 Å². The minimum Gasteiger partial charge on any atom is -0.486 e. The molecule has 9 nitrogen and oxygen atoms in total. The van der Waals surface area contributed by atoms with Gasteiger partial charge in [0, 0.05) is 6.08 Å². The van der Waals surface area contributed by atoms with Gasteiger partial charge in [-0.1, -0.05) is 12.1 Å². The summed E-state index contributed by atoms with van der Waals surface area (Å²) in [4.78, 5) is 22.8. The molecular formula is C19H16N2O7. The molecule has 1 unspecified atom stereocenters. The number of nitrogens with zero attached hydrogens (tertiary/aromatic N) is 1. The van der Waals surface area contributed by atoms with Crippen LogP contribution in [0, 0.1) is 10.1 Å². The number of ether oxygens (including phenoxy) is 4. The highest BCUT2D eigenvalue weighted by Crippen LogP contribution is 2.38. The lowest BCUT2D eigenvalue weighted by Gasteiger charge is -2.26. The maximum Gasteiger partial charge on any atom is 0.280 e. The second-order valence-electron chi connectivity index (χ2n) is 6.10. The molecule has 2 aromatic carbocycles. The van der Waals surface area contributed by atoms with E-state index < -0.39 is 10.8 Å². The molecule has 0 spiro atoms. The van der Waals surface area contributed by atoms with Crippen LogP contribution in [-0.2, 0) is 4.79 Å². The summed E-state index contributed by atoms with van der Waals surface area (Å²) in [6, 6.07) is 10.0. The highest BCUT2D eigenvalue weighted by Gasteiger charge is 2.23. The molecule has 0 bridgehead atoms. The van der Waals surface area contributed by atoms with E-state index >= 15 is 0 Å². The van der Waals surface area contributed by atoms with Crippen LogP contribution in [0.1, 0.15) is 5.56 Å². The molecule has 0 aromatic heterocycles. The normalized spacial score (nSPS) is 16.8. The van der Waals surface area contributed by atoms with Gasteiger partial charge in [0.2, 0.25) is 12.7 Å². The average molecular weight is 384 g/mol. The zero-order valence-electron chi connectivity index (χ0n) is 14.6. The Kier molecular flexibility index (Phi) is 4.71. The number of amides is 1. The minimum atomic E-state index is -0.538. The number of carbonyl (C=O) groups is 1. The summed E-state index contributed by atoms with van der Waals surface area (Å²) in [5.41, 5.74) is 0.0736. The molecule has 0 saturated carbocycles. The van der Waals surface area contributed by atoms with Crippen molar-refractivity contribution in [1.29, 1.82) is 0 Å². The average Bonchev–Trinajstić information content (AvgIpc) is 3.17. The molecule has 1 amide bonds. The number of nitro benzene ring substituents is 1. The molecule has 0 fully saturated rings. The van der Waals surface area contributed by atoms with Gasteiger partial charge < -0.3 is 24.3 Å². The van der Waals surface area contributed by atoms with Crippen molar-refractivity contribution in [2.75, 3.05) is 19.9 Å². The molecule has 4 rings (SSSR count). The SMILES string of the molecule is O=C(/C=C/c1cc2c(cc1[N+](=O)[O-])OCO2)NCC1COc2ccccc2O1. The van der Waals surface area contributed by atoms with Crippen LogP contribution < -0.4 is 24.3 Å². The summed E-state index contributed by atoms with van der Waals surface area (Å²) in [5.74, 6) is 1.59. The molecule has 2 aliphatic heterocycles. The third-order valence-corrected chi connectivity index (χ3v) is 4.20. The quantitative estimate of drug-likeness (QED) is 0.478. The highest BCUT2D eigenvalue weighted by molar-refractivity contribution is 5.92. The Morgan fingerprint density at radius 1 is 1.14 bits per heavy atom. The van der Waals surface area contributed by atoms with Gasteiger partial charge in [0.25, 0.3) is 5.69 Å². The van der Waals surface area contributed by atoms with Gasteiger partial charge >= 0.3 is 0 Å². The van der Waals surface area contributed by atoms with Gasteiger partial charge in [-0.25, -0.2) is 0 Å². The minimum absolute atomic E-state index is 0.00668. The van der Waals surface area contributed by atoms with Crippen LogP contribution in [0.5, 0.6) is 23.0 Å². The summed E-state index contributed by atoms with van der Waals surface area (Å²) in [5, 5.41) is 13.9. The van der Waals surface area contributed by atoms with Crippen molar-refractivity contribution in [2.45, 2.75) is 6.10 Å². The molecule has 0 aliphatic carbocycles. The lowest BCUT2D eigenvalue weighted by molar-refractivity contribution is -0.385. The third-order valence-electron chi connectivity index (χ3n) is 4.20. The molecule has 2 aromatic rings. The van der Waals surface area contributed by atoms with Gasteiger partial charge in [0.15, 0.2) is 23.0 Å². The van der Waals surface area contributed by atoms with Gasteiger partial charge in [-0.05, 0) is 24.3 Å². The Bertz CT molecular complexity index is 957. The van der Waals surface area contributed by atoms with Crippen LogP contribution in [0.4, 0.5) is 5.69 Å². The van der Waals surface area contributed by atoms with Crippen molar-refractivity contribution in [3.63, 3.8) is 0 Å². The van der Waals surface area contributed by atoms with Crippen LogP contribution in [0.25, 0.3) is 6.08 Å². The van der Waals surface area contributed by atoms with Gasteiger partial charge in [-0.2, -0.15) is 0 Å². The fourth-order valence-corrected chi connectivity index (χ4v) is 2.84. The van der Waals surface area contributed by atoms with Gasteiger partial charge in [-0.3, -0.25) is 14.9 Å². The van der Waals surface area contributed by atoms with Crippen molar-refractivity contribution in [1.82, 2.24) is 5.32 Å². The zero-order chi connectivity index (χ0) is 19.5. The van der Waals surface area contributed by atoms with Crippen LogP contribution >= 0.6 is 0 Å². The number of nitro groups is 1. The van der Waals surface area contributed by atoms with Crippen molar-refractivity contribution < 1.29 is 28.7 Å². The van der Waals surface area contributed by atoms with E-state index in [9.17, 15) is 14.9 Å². The number of benzene rings is 2. The Morgan fingerprint density at radius 2 is 1.89 bits per heavy atom. The maximum absolute atomic E-state index is 12.1. The van der Waals surface area contributed by atoms with Gasteiger partial charge in [0.1, 0.15) is 12.7 Å². The number of rotatable bonds is 5. The highest BCUT2D eigenvalue weighted by atomic mass is 16.7. The van der Waals surface area contributed by atoms with Gasteiger partial charge in [-0.15, -0.1) is 0 Å². The first-order valence-electron chi connectivity index (χ1n) is 8.52. The number of hydrogen-bond acceptors (Lipinski definition) is 7. The number of fused-ring (bicyclic) bond motifs is 2. The van der Waals surface area contributed by atoms with Crippen LogP contribution in [0.3, 0.4) is 0 Å². The number of hydrogen-bond donors (Lipinski definition) is 1. The molecule has 9 heteroatoms. The van der Waals surface area contributed by atoms with Crippen LogP contribution in [0.2, 0.25) is 0 Å². The fraction of sp³-hybridized carbons (Fsp3) is 0.211. The standard InChI is InChI=1S/C19H16N2O7/c22-19(20-9-13-10-25-15-3-1-2-4-16(15)28-13)6-5-12-7-17-18(27-11-26-17)8-14(12)21(23)24/h1-8,13H,9-11H2,(H,20,22)/b6-5+. The first kappa shape index (κ1) is 17.7. The Balaban J connectivity index is 1.38. The third kappa shape index (κ3) is 3.68. The summed E-state index contributed by atoms with van der Waals surface area (Å²) >= 11 is 0. The first-order chi connectivity index (χ1) is 13.6. The van der Waals surface area contributed by atoms with Crippen molar-refractivity contribution in [3.05, 3.63) is 58.2 Å². The summed E-state index contributed by atoms with van der Waals surface area (Å²) in [6.45, 7) is 0.558. The van der Waals surface area contributed by atoms with E-state index in [4.69, 9.17) is 18.9 Å². The molecular weight excluding hydrogens is 368 g/mol. The fourth-order valence-electron chi connectivity index (χ4n) is 2.84. The Hall–Kier alpha value is -3.75. The second kappa shape index (κ2) is 7.47. The molecule has 1 N–H and O–H groups in total. The summed E-state index contributed by atoms with van der Waals surface area (Å²) in [6.07, 6.45) is 2.26. The Morgan fingerprint density at radius 3 is 2.68 bits per heavy atom. The zero-order valence-corrected chi connectivity index (χ0v) is 14.6. The van der Waals surface area contributed by atoms with Crippen molar-refractivity contribution in [2.24, 2.45) is 0 Å². The van der Waals surface area contributed by atoms with E-state index in [1.54, 1.807) is 6.07 Å². The van der Waals surface area contributed by atoms with E-state index in [1.165, 1.54) is 24.3 Å². The number of para-hydroxylation sites is 2. The monoisotopic (exact) mass is 384 g/mol. The molecule has 1 atom stereocenters. The van der Waals surface area contributed by atoms with E-state index in [0.29, 0.717) is 29.6 Å². The molecule has 0 radical (unpaired) electrons. The lowest BCUT2D eigenvalue weighted by atomic mass is 10.1. The van der Waals surface area contributed by atoms with Crippen molar-refractivity contribution in [3.8, 4) is 23.0 Å². The topological polar surface area (TPSA) is 109 Å². The Labute approximate surface area is 159 Å². The summed E-state index contributed by atoms with van der Waals surface area (Å²) in [7, 11) is 0. The smallest absolute Gasteiger partial charge is 0.280 e.